The van der Waals surface area contributed by atoms with Gasteiger partial charge in [0, 0.05) is 23.9 Å². The first kappa shape index (κ1) is 18.6. The van der Waals surface area contributed by atoms with Crippen LogP contribution in [0.4, 0.5) is 5.69 Å². The van der Waals surface area contributed by atoms with Crippen molar-refractivity contribution in [2.45, 2.75) is 26.8 Å². The van der Waals surface area contributed by atoms with Crippen LogP contribution in [-0.2, 0) is 0 Å². The molecule has 0 fully saturated rings. The molecule has 0 aliphatic heterocycles. The zero-order chi connectivity index (χ0) is 19.6. The van der Waals surface area contributed by atoms with Gasteiger partial charge in [-0.2, -0.15) is 0 Å². The van der Waals surface area contributed by atoms with E-state index < -0.39 is 4.92 Å². The first-order valence-corrected chi connectivity index (χ1v) is 8.75. The minimum atomic E-state index is -0.424. The Bertz CT molecular complexity index is 1000. The zero-order valence-electron chi connectivity index (χ0n) is 15.6. The van der Waals surface area contributed by atoms with Gasteiger partial charge in [0.1, 0.15) is 5.75 Å². The number of hydrogen-bond acceptors (Lipinski definition) is 4. The zero-order valence-corrected chi connectivity index (χ0v) is 15.6. The first-order chi connectivity index (χ1) is 12.8. The lowest BCUT2D eigenvalue weighted by Crippen LogP contribution is -2.17. The smallest absolute Gasteiger partial charge is 0.269 e. The Balaban J connectivity index is 2.06. The molecule has 3 aromatic carbocycles. The van der Waals surface area contributed by atoms with Crippen LogP contribution in [0.5, 0.6) is 5.75 Å². The Morgan fingerprint density at radius 3 is 2.33 bits per heavy atom. The van der Waals surface area contributed by atoms with Gasteiger partial charge >= 0.3 is 0 Å². The van der Waals surface area contributed by atoms with Crippen molar-refractivity contribution in [2.24, 2.45) is 10.4 Å². The number of fused-ring (bicyclic) bond motifs is 1. The molecule has 27 heavy (non-hydrogen) atoms. The van der Waals surface area contributed by atoms with Crippen molar-refractivity contribution >= 4 is 22.7 Å². The number of phenolic OH excluding ortho intramolecular Hbond substituents is 1. The maximum atomic E-state index is 10.8. The van der Waals surface area contributed by atoms with E-state index in [4.69, 9.17) is 4.99 Å². The first-order valence-electron chi connectivity index (χ1n) is 8.75. The van der Waals surface area contributed by atoms with Crippen LogP contribution in [-0.4, -0.2) is 16.2 Å². The van der Waals surface area contributed by atoms with Crippen molar-refractivity contribution in [1.29, 1.82) is 0 Å². The lowest BCUT2D eigenvalue weighted by molar-refractivity contribution is -0.384. The van der Waals surface area contributed by atoms with E-state index >= 15 is 0 Å². The van der Waals surface area contributed by atoms with Gasteiger partial charge in [-0.05, 0) is 39.9 Å². The molecule has 0 aliphatic carbocycles. The molecule has 0 spiro atoms. The van der Waals surface area contributed by atoms with E-state index in [0.717, 1.165) is 21.9 Å². The maximum absolute atomic E-state index is 10.8. The summed E-state index contributed by atoms with van der Waals surface area (Å²) in [5.74, 6) is 0.217. The second-order valence-electron chi connectivity index (χ2n) is 7.61. The molecule has 3 aromatic rings. The summed E-state index contributed by atoms with van der Waals surface area (Å²) in [6.07, 6.45) is 1.71. The SMILES string of the molecule is CC(C)(C)C(N=Cc1ccc([N+](=O)[O-])cc1)c1c(O)ccc2ccccc12. The monoisotopic (exact) mass is 362 g/mol. The van der Waals surface area contributed by atoms with E-state index in [1.54, 1.807) is 24.4 Å². The summed E-state index contributed by atoms with van der Waals surface area (Å²) in [5, 5.41) is 23.4. The van der Waals surface area contributed by atoms with Crippen LogP contribution >= 0.6 is 0 Å². The van der Waals surface area contributed by atoms with E-state index in [0.29, 0.717) is 0 Å². The predicted molar refractivity (Wildman–Crippen MR) is 108 cm³/mol. The molecule has 0 radical (unpaired) electrons. The predicted octanol–water partition coefficient (Wildman–Crippen LogP) is 5.66. The summed E-state index contributed by atoms with van der Waals surface area (Å²) in [5.41, 5.74) is 1.37. The second kappa shape index (κ2) is 7.19. The molecular formula is C22H22N2O3. The number of aromatic hydroxyl groups is 1. The van der Waals surface area contributed by atoms with Crippen LogP contribution in [0, 0.1) is 15.5 Å². The van der Waals surface area contributed by atoms with Gasteiger partial charge in [-0.3, -0.25) is 15.1 Å². The van der Waals surface area contributed by atoms with Crippen LogP contribution in [0.3, 0.4) is 0 Å². The Kier molecular flexibility index (Phi) is 4.95. The minimum absolute atomic E-state index is 0.0474. The summed E-state index contributed by atoms with van der Waals surface area (Å²) >= 11 is 0. The van der Waals surface area contributed by atoms with Crippen molar-refractivity contribution < 1.29 is 10.0 Å². The van der Waals surface area contributed by atoms with E-state index in [1.165, 1.54) is 12.1 Å². The van der Waals surface area contributed by atoms with Crippen molar-refractivity contribution in [3.05, 3.63) is 81.9 Å². The molecule has 0 aromatic heterocycles. The van der Waals surface area contributed by atoms with Crippen LogP contribution < -0.4 is 0 Å². The highest BCUT2D eigenvalue weighted by Gasteiger charge is 2.29. The van der Waals surface area contributed by atoms with Crippen LogP contribution in [0.2, 0.25) is 0 Å². The molecule has 0 heterocycles. The van der Waals surface area contributed by atoms with Crippen molar-refractivity contribution in [3.63, 3.8) is 0 Å². The van der Waals surface area contributed by atoms with Gasteiger partial charge in [0.2, 0.25) is 0 Å². The number of nitrogens with zero attached hydrogens (tertiary/aromatic N) is 2. The van der Waals surface area contributed by atoms with Gasteiger partial charge < -0.3 is 5.11 Å². The fourth-order valence-corrected chi connectivity index (χ4v) is 3.15. The third kappa shape index (κ3) is 3.97. The second-order valence-corrected chi connectivity index (χ2v) is 7.61. The van der Waals surface area contributed by atoms with Gasteiger partial charge in [0.25, 0.3) is 5.69 Å². The van der Waals surface area contributed by atoms with Crippen molar-refractivity contribution in [2.75, 3.05) is 0 Å². The highest BCUT2D eigenvalue weighted by atomic mass is 16.6. The quantitative estimate of drug-likeness (QED) is 0.369. The van der Waals surface area contributed by atoms with Crippen LogP contribution in [0.25, 0.3) is 10.8 Å². The molecule has 0 bridgehead atoms. The molecular weight excluding hydrogens is 340 g/mol. The molecule has 138 valence electrons. The molecule has 0 amide bonds. The average molecular weight is 362 g/mol. The lowest BCUT2D eigenvalue weighted by Gasteiger charge is -2.29. The fraction of sp³-hybridized carbons (Fsp3) is 0.227. The fourth-order valence-electron chi connectivity index (χ4n) is 3.15. The number of rotatable bonds is 4. The van der Waals surface area contributed by atoms with Gasteiger partial charge in [0.15, 0.2) is 0 Å². The molecule has 3 rings (SSSR count). The number of nitro benzene ring substituents is 1. The number of phenols is 1. The molecule has 1 N–H and O–H groups in total. The molecule has 1 unspecified atom stereocenters. The standard InChI is InChI=1S/C22H22N2O3/c1-22(2,3)21(23-14-15-8-11-17(12-9-15)24(26)27)20-18-7-5-4-6-16(18)10-13-19(20)25/h4-14,21,25H,1-3H3. The number of nitro groups is 1. The number of hydrogen-bond donors (Lipinski definition) is 1. The summed E-state index contributed by atoms with van der Waals surface area (Å²) in [6, 6.07) is 17.5. The van der Waals surface area contributed by atoms with Crippen LogP contribution in [0.1, 0.15) is 37.9 Å². The lowest BCUT2D eigenvalue weighted by atomic mass is 9.80. The molecule has 5 heteroatoms. The summed E-state index contributed by atoms with van der Waals surface area (Å²) in [4.78, 5) is 15.1. The van der Waals surface area contributed by atoms with Crippen molar-refractivity contribution in [1.82, 2.24) is 0 Å². The van der Waals surface area contributed by atoms with Gasteiger partial charge in [0.05, 0.1) is 11.0 Å². The van der Waals surface area contributed by atoms with E-state index in [1.807, 2.05) is 30.3 Å². The van der Waals surface area contributed by atoms with E-state index in [9.17, 15) is 15.2 Å². The average Bonchev–Trinajstić information content (AvgIpc) is 2.63. The molecule has 0 saturated heterocycles. The topological polar surface area (TPSA) is 75.7 Å². The molecule has 5 nitrogen and oxygen atoms in total. The molecule has 0 saturated carbocycles. The Labute approximate surface area is 158 Å². The van der Waals surface area contributed by atoms with Crippen molar-refractivity contribution in [3.8, 4) is 5.75 Å². The van der Waals surface area contributed by atoms with Gasteiger partial charge in [-0.1, -0.05) is 51.1 Å². The summed E-state index contributed by atoms with van der Waals surface area (Å²) < 4.78 is 0. The highest BCUT2D eigenvalue weighted by Crippen LogP contribution is 2.43. The van der Waals surface area contributed by atoms with Gasteiger partial charge in [-0.15, -0.1) is 0 Å². The third-order valence-electron chi connectivity index (χ3n) is 4.52. The van der Waals surface area contributed by atoms with E-state index in [-0.39, 0.29) is 22.9 Å². The Morgan fingerprint density at radius 2 is 1.70 bits per heavy atom. The summed E-state index contributed by atoms with van der Waals surface area (Å²) in [7, 11) is 0. The third-order valence-corrected chi connectivity index (χ3v) is 4.52. The normalized spacial score (nSPS) is 13.1. The summed E-state index contributed by atoms with van der Waals surface area (Å²) in [6.45, 7) is 6.23. The highest BCUT2D eigenvalue weighted by molar-refractivity contribution is 5.89. The maximum Gasteiger partial charge on any atom is 0.269 e. The number of benzene rings is 3. The van der Waals surface area contributed by atoms with Crippen LogP contribution in [0.15, 0.2) is 65.7 Å². The number of non-ortho nitro benzene ring substituents is 1. The Hall–Kier alpha value is -3.21. The van der Waals surface area contributed by atoms with E-state index in [2.05, 4.69) is 20.8 Å². The number of aliphatic imine (C=N–C) groups is 1. The van der Waals surface area contributed by atoms with Gasteiger partial charge in [-0.25, -0.2) is 0 Å². The molecule has 0 aliphatic rings. The minimum Gasteiger partial charge on any atom is -0.508 e. The molecule has 1 atom stereocenters. The largest absolute Gasteiger partial charge is 0.508 e. The Morgan fingerprint density at radius 1 is 1.04 bits per heavy atom.